The van der Waals surface area contributed by atoms with E-state index in [1.54, 1.807) is 29.7 Å². The molecule has 1 heterocycles. The molecule has 0 amide bonds. The van der Waals surface area contributed by atoms with Crippen LogP contribution in [0.4, 0.5) is 10.1 Å². The quantitative estimate of drug-likeness (QED) is 0.723. The summed E-state index contributed by atoms with van der Waals surface area (Å²) >= 11 is 1.62. The van der Waals surface area contributed by atoms with Crippen LogP contribution in [0.15, 0.2) is 60.1 Å². The molecule has 3 rings (SSSR count). The van der Waals surface area contributed by atoms with Gasteiger partial charge in [0.2, 0.25) is 0 Å². The maximum Gasteiger partial charge on any atom is 0.123 e. The normalized spacial score (nSPS) is 12.1. The zero-order chi connectivity index (χ0) is 14.7. The van der Waals surface area contributed by atoms with Crippen molar-refractivity contribution in [2.75, 3.05) is 5.32 Å². The number of benzene rings is 2. The summed E-state index contributed by atoms with van der Waals surface area (Å²) in [6.07, 6.45) is 1.80. The predicted octanol–water partition coefficient (Wildman–Crippen LogP) is 5.12. The molecule has 0 saturated carbocycles. The molecule has 21 heavy (non-hydrogen) atoms. The minimum Gasteiger partial charge on any atom is -0.379 e. The summed E-state index contributed by atoms with van der Waals surface area (Å²) in [7, 11) is 0. The zero-order valence-electron chi connectivity index (χ0n) is 11.6. The Labute approximate surface area is 127 Å². The Balaban J connectivity index is 1.73. The lowest BCUT2D eigenvalue weighted by Gasteiger charge is -2.16. The number of hydrogen-bond acceptors (Lipinski definition) is 3. The largest absolute Gasteiger partial charge is 0.379 e. The number of rotatable bonds is 4. The zero-order valence-corrected chi connectivity index (χ0v) is 12.4. The topological polar surface area (TPSA) is 24.9 Å². The summed E-state index contributed by atoms with van der Waals surface area (Å²) in [5.41, 5.74) is 3.04. The highest BCUT2D eigenvalue weighted by molar-refractivity contribution is 7.13. The van der Waals surface area contributed by atoms with Crippen LogP contribution in [0, 0.1) is 5.82 Å². The van der Waals surface area contributed by atoms with Crippen molar-refractivity contribution < 1.29 is 4.39 Å². The highest BCUT2D eigenvalue weighted by atomic mass is 32.1. The maximum atomic E-state index is 13.2. The van der Waals surface area contributed by atoms with Gasteiger partial charge >= 0.3 is 0 Å². The lowest BCUT2D eigenvalue weighted by atomic mass is 10.1. The molecule has 0 saturated heterocycles. The minimum absolute atomic E-state index is 0.0476. The first-order valence-corrected chi connectivity index (χ1v) is 7.62. The molecule has 1 atom stereocenters. The second kappa shape index (κ2) is 6.06. The number of hydrogen-bond donors (Lipinski definition) is 1. The summed E-state index contributed by atoms with van der Waals surface area (Å²) in [5, 5.41) is 6.35. The van der Waals surface area contributed by atoms with Gasteiger partial charge in [-0.1, -0.05) is 12.1 Å². The van der Waals surface area contributed by atoms with E-state index in [0.717, 1.165) is 21.8 Å². The fourth-order valence-corrected chi connectivity index (χ4v) is 2.83. The van der Waals surface area contributed by atoms with E-state index in [9.17, 15) is 4.39 Å². The highest BCUT2D eigenvalue weighted by Crippen LogP contribution is 2.25. The molecule has 0 aliphatic carbocycles. The predicted molar refractivity (Wildman–Crippen MR) is 86.0 cm³/mol. The second-order valence-corrected chi connectivity index (χ2v) is 5.73. The molecular formula is C17H15FN2S. The molecule has 0 radical (unpaired) electrons. The van der Waals surface area contributed by atoms with Crippen molar-refractivity contribution in [3.63, 3.8) is 0 Å². The van der Waals surface area contributed by atoms with Crippen molar-refractivity contribution in [2.45, 2.75) is 13.0 Å². The number of anilines is 1. The molecule has 2 aromatic carbocycles. The lowest BCUT2D eigenvalue weighted by molar-refractivity contribution is 0.623. The van der Waals surface area contributed by atoms with Crippen molar-refractivity contribution in [2.24, 2.45) is 0 Å². The molecular weight excluding hydrogens is 283 g/mol. The molecule has 0 spiro atoms. The SMILES string of the molecule is CC(Nc1ccc(-c2nccs2)cc1)c1cccc(F)c1. The third kappa shape index (κ3) is 3.28. The first-order chi connectivity index (χ1) is 10.2. The smallest absolute Gasteiger partial charge is 0.123 e. The van der Waals surface area contributed by atoms with Crippen LogP contribution in [0.3, 0.4) is 0 Å². The van der Waals surface area contributed by atoms with Crippen molar-refractivity contribution >= 4 is 17.0 Å². The van der Waals surface area contributed by atoms with Gasteiger partial charge in [0.05, 0.1) is 0 Å². The van der Waals surface area contributed by atoms with Gasteiger partial charge in [-0.05, 0) is 48.9 Å². The van der Waals surface area contributed by atoms with E-state index in [-0.39, 0.29) is 11.9 Å². The summed E-state index contributed by atoms with van der Waals surface area (Å²) in [6, 6.07) is 14.8. The number of halogens is 1. The van der Waals surface area contributed by atoms with Gasteiger partial charge in [-0.2, -0.15) is 0 Å². The summed E-state index contributed by atoms with van der Waals surface area (Å²) in [4.78, 5) is 4.29. The van der Waals surface area contributed by atoms with Gasteiger partial charge in [0.15, 0.2) is 0 Å². The first-order valence-electron chi connectivity index (χ1n) is 6.74. The Morgan fingerprint density at radius 2 is 1.95 bits per heavy atom. The fourth-order valence-electron chi connectivity index (χ4n) is 2.18. The molecule has 0 fully saturated rings. The molecule has 0 aliphatic rings. The van der Waals surface area contributed by atoms with Crippen LogP contribution >= 0.6 is 11.3 Å². The van der Waals surface area contributed by atoms with Crippen LogP contribution in [0.2, 0.25) is 0 Å². The molecule has 1 N–H and O–H groups in total. The highest BCUT2D eigenvalue weighted by Gasteiger charge is 2.07. The van der Waals surface area contributed by atoms with E-state index in [1.165, 1.54) is 6.07 Å². The monoisotopic (exact) mass is 298 g/mol. The van der Waals surface area contributed by atoms with Crippen LogP contribution in [-0.4, -0.2) is 4.98 Å². The van der Waals surface area contributed by atoms with Crippen LogP contribution in [0.25, 0.3) is 10.6 Å². The van der Waals surface area contributed by atoms with Gasteiger partial charge in [0.25, 0.3) is 0 Å². The average molecular weight is 298 g/mol. The van der Waals surface area contributed by atoms with E-state index in [1.807, 2.05) is 42.6 Å². The summed E-state index contributed by atoms with van der Waals surface area (Å²) < 4.78 is 13.2. The van der Waals surface area contributed by atoms with E-state index in [0.29, 0.717) is 0 Å². The van der Waals surface area contributed by atoms with E-state index in [2.05, 4.69) is 10.3 Å². The Bertz CT molecular complexity index is 708. The molecule has 3 aromatic rings. The molecule has 0 aliphatic heterocycles. The Morgan fingerprint density at radius 3 is 2.62 bits per heavy atom. The second-order valence-electron chi connectivity index (χ2n) is 4.84. The van der Waals surface area contributed by atoms with Gasteiger partial charge in [-0.15, -0.1) is 11.3 Å². The average Bonchev–Trinajstić information content (AvgIpc) is 3.02. The summed E-state index contributed by atoms with van der Waals surface area (Å²) in [5.74, 6) is -0.208. The van der Waals surface area contributed by atoms with Crippen molar-refractivity contribution in [3.8, 4) is 10.6 Å². The maximum absolute atomic E-state index is 13.2. The Kier molecular flexibility index (Phi) is 3.97. The van der Waals surface area contributed by atoms with Gasteiger partial charge in [0.1, 0.15) is 10.8 Å². The van der Waals surface area contributed by atoms with Crippen molar-refractivity contribution in [3.05, 3.63) is 71.5 Å². The molecule has 106 valence electrons. The van der Waals surface area contributed by atoms with Crippen LogP contribution in [0.5, 0.6) is 0 Å². The first kappa shape index (κ1) is 13.8. The number of thiazole rings is 1. The van der Waals surface area contributed by atoms with Crippen LogP contribution in [-0.2, 0) is 0 Å². The van der Waals surface area contributed by atoms with E-state index in [4.69, 9.17) is 0 Å². The molecule has 1 unspecified atom stereocenters. The van der Waals surface area contributed by atoms with Gasteiger partial charge in [0, 0.05) is 28.9 Å². The third-order valence-electron chi connectivity index (χ3n) is 3.30. The minimum atomic E-state index is -0.208. The van der Waals surface area contributed by atoms with Crippen LogP contribution in [0.1, 0.15) is 18.5 Å². The van der Waals surface area contributed by atoms with Crippen LogP contribution < -0.4 is 5.32 Å². The lowest BCUT2D eigenvalue weighted by Crippen LogP contribution is -2.06. The Hall–Kier alpha value is -2.20. The van der Waals surface area contributed by atoms with Gasteiger partial charge in [-0.25, -0.2) is 9.37 Å². The van der Waals surface area contributed by atoms with Gasteiger partial charge in [-0.3, -0.25) is 0 Å². The van der Waals surface area contributed by atoms with Crippen molar-refractivity contribution in [1.82, 2.24) is 4.98 Å². The molecule has 4 heteroatoms. The molecule has 1 aromatic heterocycles. The third-order valence-corrected chi connectivity index (χ3v) is 4.12. The van der Waals surface area contributed by atoms with E-state index < -0.39 is 0 Å². The van der Waals surface area contributed by atoms with E-state index >= 15 is 0 Å². The Morgan fingerprint density at radius 1 is 1.14 bits per heavy atom. The number of nitrogens with one attached hydrogen (secondary N) is 1. The van der Waals surface area contributed by atoms with Gasteiger partial charge < -0.3 is 5.32 Å². The molecule has 0 bridgehead atoms. The standard InChI is InChI=1S/C17H15FN2S/c1-12(14-3-2-4-15(18)11-14)20-16-7-5-13(6-8-16)17-19-9-10-21-17/h2-12,20H,1H3. The number of nitrogens with zero attached hydrogens (tertiary/aromatic N) is 1. The van der Waals surface area contributed by atoms with Crippen molar-refractivity contribution in [1.29, 1.82) is 0 Å². The fraction of sp³-hybridized carbons (Fsp3) is 0.118. The number of aromatic nitrogens is 1. The molecule has 2 nitrogen and oxygen atoms in total. The summed E-state index contributed by atoms with van der Waals surface area (Å²) in [6.45, 7) is 2.02.